The van der Waals surface area contributed by atoms with E-state index in [4.69, 9.17) is 61.6 Å². The molecule has 0 saturated carbocycles. The highest BCUT2D eigenvalue weighted by atomic mass is 16.8. The Balaban J connectivity index is 1.23. The zero-order valence-corrected chi connectivity index (χ0v) is 43.5. The van der Waals surface area contributed by atoms with E-state index in [0.717, 1.165) is 13.8 Å². The van der Waals surface area contributed by atoms with Crippen molar-refractivity contribution >= 4 is 11.8 Å². The lowest BCUT2D eigenvalue weighted by atomic mass is 9.93. The third kappa shape index (κ3) is 14.6. The van der Waals surface area contributed by atoms with Crippen LogP contribution >= 0.6 is 0 Å². The lowest BCUT2D eigenvalue weighted by molar-refractivity contribution is -0.404. The second kappa shape index (κ2) is 28.4. The Hall–Kier alpha value is -2.34. The van der Waals surface area contributed by atoms with E-state index in [1.807, 2.05) is 0 Å². The first kappa shape index (κ1) is 66.2. The summed E-state index contributed by atoms with van der Waals surface area (Å²) in [6.45, 7) is -2.10. The number of ether oxygens (including phenoxy) is 13. The highest BCUT2D eigenvalue weighted by Crippen LogP contribution is 2.38. The second-order valence-electron chi connectivity index (χ2n) is 20.7. The smallest absolute Gasteiger partial charge is 0.217 e. The minimum absolute atomic E-state index is 0.707. The predicted molar refractivity (Wildman–Crippen MR) is 248 cm³/mol. The topological polar surface area (TPSA) is 563 Å². The number of aliphatic hydroxyl groups excluding tert-OH is 19. The molecule has 7 fully saturated rings. The van der Waals surface area contributed by atoms with E-state index < -0.39 is 260 Å². The lowest BCUT2D eigenvalue weighted by Gasteiger charge is -2.51. The summed E-state index contributed by atoms with van der Waals surface area (Å²) in [7, 11) is 0. The molecule has 0 spiro atoms. The summed E-state index contributed by atoms with van der Waals surface area (Å²) in [4.78, 5) is 25.2. The monoisotopic (exact) mass is 1190 g/mol. The van der Waals surface area contributed by atoms with E-state index in [0.29, 0.717) is 0 Å². The molecular weight excluding hydrogens is 1110 g/mol. The Bertz CT molecular complexity index is 1990. The third-order valence-electron chi connectivity index (χ3n) is 14.9. The van der Waals surface area contributed by atoms with E-state index in [-0.39, 0.29) is 0 Å². The van der Waals surface area contributed by atoms with Crippen LogP contribution in [0.3, 0.4) is 0 Å². The van der Waals surface area contributed by atoms with Gasteiger partial charge >= 0.3 is 0 Å². The fourth-order valence-electron chi connectivity index (χ4n) is 10.2. The molecule has 0 aromatic rings. The summed E-state index contributed by atoms with van der Waals surface area (Å²) >= 11 is 0. The van der Waals surface area contributed by atoms with Gasteiger partial charge in [-0.3, -0.25) is 9.59 Å². The van der Waals surface area contributed by atoms with Crippen molar-refractivity contribution in [1.29, 1.82) is 0 Å². The average molecular weight is 1190 g/mol. The number of hydrogen-bond acceptors (Lipinski definition) is 34. The van der Waals surface area contributed by atoms with Gasteiger partial charge in [-0.2, -0.15) is 0 Å². The van der Waals surface area contributed by atoms with Gasteiger partial charge in [0.15, 0.2) is 44.0 Å². The van der Waals surface area contributed by atoms with E-state index in [9.17, 15) is 107 Å². The van der Waals surface area contributed by atoms with Crippen molar-refractivity contribution in [1.82, 2.24) is 10.6 Å². The van der Waals surface area contributed by atoms with Gasteiger partial charge in [-0.25, -0.2) is 0 Å². The van der Waals surface area contributed by atoms with Crippen molar-refractivity contribution in [3.63, 3.8) is 0 Å². The maximum absolute atomic E-state index is 13.0. The van der Waals surface area contributed by atoms with Crippen LogP contribution in [0.15, 0.2) is 0 Å². The molecule has 7 saturated heterocycles. The number of rotatable bonds is 19. The summed E-state index contributed by atoms with van der Waals surface area (Å²) in [5, 5.41) is 210. The van der Waals surface area contributed by atoms with Gasteiger partial charge in [0.1, 0.15) is 159 Å². The molecule has 0 aromatic heterocycles. The molecule has 2 amide bonds. The van der Waals surface area contributed by atoms with Crippen LogP contribution in [-0.4, -0.2) is 357 Å². The van der Waals surface area contributed by atoms with Gasteiger partial charge < -0.3 is 169 Å². The number of carbonyl (C=O) groups excluding carboxylic acids is 2. The molecule has 21 N–H and O–H groups in total. The molecule has 36 nitrogen and oxygen atoms in total. The van der Waals surface area contributed by atoms with E-state index >= 15 is 0 Å². The third-order valence-corrected chi connectivity index (χ3v) is 14.9. The number of carbonyl (C=O) groups is 2. The minimum atomic E-state index is -2.26. The van der Waals surface area contributed by atoms with Gasteiger partial charge in [0.25, 0.3) is 0 Å². The molecule has 7 aliphatic rings. The largest absolute Gasteiger partial charge is 0.394 e. The maximum atomic E-state index is 13.0. The Morgan fingerprint density at radius 1 is 0.395 bits per heavy atom. The summed E-state index contributed by atoms with van der Waals surface area (Å²) in [6.07, 6.45) is -61.3. The first-order chi connectivity index (χ1) is 38.2. The zero-order chi connectivity index (χ0) is 59.6. The molecule has 0 aliphatic carbocycles. The fraction of sp³-hybridized carbons (Fsp3) is 0.956. The first-order valence-electron chi connectivity index (χ1n) is 25.9. The van der Waals surface area contributed by atoms with Crippen LogP contribution in [0.4, 0.5) is 0 Å². The number of nitrogens with one attached hydrogen (secondary N) is 2. The lowest BCUT2D eigenvalue weighted by Crippen LogP contribution is -2.71. The van der Waals surface area contributed by atoms with Gasteiger partial charge in [0.05, 0.1) is 45.7 Å². The van der Waals surface area contributed by atoms with Gasteiger partial charge in [0, 0.05) is 13.8 Å². The molecule has 7 aliphatic heterocycles. The number of aliphatic hydroxyl groups is 19. The summed E-state index contributed by atoms with van der Waals surface area (Å²) in [6, 6.07) is -3.55. The van der Waals surface area contributed by atoms with Crippen LogP contribution < -0.4 is 10.6 Å². The van der Waals surface area contributed by atoms with Crippen molar-refractivity contribution in [2.45, 2.75) is 229 Å². The molecule has 81 heavy (non-hydrogen) atoms. The Labute approximate surface area is 459 Å². The van der Waals surface area contributed by atoms with E-state index in [1.165, 1.54) is 6.92 Å². The van der Waals surface area contributed by atoms with Crippen molar-refractivity contribution in [2.24, 2.45) is 0 Å². The maximum Gasteiger partial charge on any atom is 0.217 e. The van der Waals surface area contributed by atoms with E-state index in [1.54, 1.807) is 0 Å². The number of amides is 2. The van der Waals surface area contributed by atoms with E-state index in [2.05, 4.69) is 10.6 Å². The molecule has 0 unspecified atom stereocenters. The van der Waals surface area contributed by atoms with Crippen LogP contribution in [0.2, 0.25) is 0 Å². The molecule has 7 heterocycles. The summed E-state index contributed by atoms with van der Waals surface area (Å²) in [5.74, 6) is -1.68. The van der Waals surface area contributed by atoms with Crippen LogP contribution in [0.1, 0.15) is 20.8 Å². The molecular formula is C45H76N2O34. The molecule has 36 heteroatoms. The molecule has 0 radical (unpaired) electrons. The normalized spacial score (nSPS) is 50.8. The Kier molecular flexibility index (Phi) is 23.2. The zero-order valence-electron chi connectivity index (χ0n) is 43.5. The van der Waals surface area contributed by atoms with Gasteiger partial charge in [-0.05, 0) is 6.92 Å². The number of hydrogen-bond donors (Lipinski definition) is 21. The highest BCUT2D eigenvalue weighted by molar-refractivity contribution is 5.73. The summed E-state index contributed by atoms with van der Waals surface area (Å²) < 4.78 is 75.8. The van der Waals surface area contributed by atoms with Crippen molar-refractivity contribution in [3.8, 4) is 0 Å². The quantitative estimate of drug-likeness (QED) is 0.0571. The van der Waals surface area contributed by atoms with Crippen molar-refractivity contribution in [3.05, 3.63) is 0 Å². The standard InChI is InChI=1S/C45H76N2O34/c1-10-21(54)28(61)32(65)41(72-10)71-9-18-36(26(59)19(39(68)73-18)46-11(2)51)78-40-20(47-12(3)52)27(60)35(16(6-50)76-40)79-45-38(81-43-31(64)22(55)13(53)7-69-43)37(80-44-34(67)30(63)24(57)15(5-49)75-44)25(58)17(77-45)8-70-42-33(66)29(62)23(56)14(4-48)74-42/h10,13-45,48-50,53-68H,4-9H2,1-3H3,(H,46,51)(H,47,52)/t10-,13+,14+,15+,16+,17+,18+,19+,20+,21+,22-,23+,24+,25+,26+,27+,28+,29-,30-,31+,32-,33-,34-,35+,36+,37-,38-,39-,40-,41+,42-,43-,44+,45-/m0/s1. The van der Waals surface area contributed by atoms with Crippen molar-refractivity contribution < 1.29 is 168 Å². The summed E-state index contributed by atoms with van der Waals surface area (Å²) in [5.41, 5.74) is 0. The molecule has 0 bridgehead atoms. The fourth-order valence-corrected chi connectivity index (χ4v) is 10.2. The highest BCUT2D eigenvalue weighted by Gasteiger charge is 2.59. The van der Waals surface area contributed by atoms with Gasteiger partial charge in [-0.1, -0.05) is 0 Å². The SMILES string of the molecule is CC(=O)N[C@@H]1[C@@H](O)[C@H](O[C@@H]2O[C@H](CO)[C@@H](O[C@@H]3O[C@H](CO[C@H]4O[C@H](CO)[C@@H](O)[C@H](O)[C@@H]4O)[C@@H](O)[C@H](O[C@H]4O[C@H](CO)[C@@H](O)[C@H](O)[C@@H]4O)[C@@H]3O[C@@H]3OC[C@@H](O)[C@H](O)[C@H]3O)[C@H](O)[C@H]2NC(C)=O)[C@@H](CO[C@@H]2O[C@@H](C)[C@@H](O)[C@@H](O)[C@@H]2O)O[C@@H]1O. The second-order valence-corrected chi connectivity index (χ2v) is 20.7. The average Bonchev–Trinajstić information content (AvgIpc) is 3.48. The molecule has 0 aromatic carbocycles. The first-order valence-corrected chi connectivity index (χ1v) is 25.9. The minimum Gasteiger partial charge on any atom is -0.394 e. The molecule has 470 valence electrons. The van der Waals surface area contributed by atoms with Gasteiger partial charge in [0.2, 0.25) is 11.8 Å². The van der Waals surface area contributed by atoms with Crippen LogP contribution in [0.25, 0.3) is 0 Å². The Morgan fingerprint density at radius 2 is 0.827 bits per heavy atom. The van der Waals surface area contributed by atoms with Crippen LogP contribution in [0.5, 0.6) is 0 Å². The van der Waals surface area contributed by atoms with Crippen LogP contribution in [0, 0.1) is 0 Å². The predicted octanol–water partition coefficient (Wildman–Crippen LogP) is -14.3. The molecule has 34 atom stereocenters. The molecule has 7 rings (SSSR count). The van der Waals surface area contributed by atoms with Crippen LogP contribution in [-0.2, 0) is 71.2 Å². The Morgan fingerprint density at radius 3 is 1.41 bits per heavy atom. The van der Waals surface area contributed by atoms with Crippen molar-refractivity contribution in [2.75, 3.05) is 39.6 Å². The van der Waals surface area contributed by atoms with Gasteiger partial charge in [-0.15, -0.1) is 0 Å².